The predicted octanol–water partition coefficient (Wildman–Crippen LogP) is 2.67. The van der Waals surface area contributed by atoms with Gasteiger partial charge in [0.2, 0.25) is 0 Å². The molecule has 212 valence electrons. The summed E-state index contributed by atoms with van der Waals surface area (Å²) in [6.07, 6.45) is 1.82. The Balaban J connectivity index is 2.76. The lowest BCUT2D eigenvalue weighted by Crippen LogP contribution is -2.59. The van der Waals surface area contributed by atoms with Gasteiger partial charge in [-0.3, -0.25) is 9.59 Å². The average molecular weight is 521 g/mol. The molecule has 0 aromatic rings. The molecule has 1 aliphatic rings. The van der Waals surface area contributed by atoms with E-state index >= 15 is 0 Å². The monoisotopic (exact) mass is 520 g/mol. The standard InChI is InChI=1S/C26H48O10/c1-3-5-7-9-11-13-18(15-21(28)29)34-22(30)16-19(14-12-10-8-6-4-2)35-26-25(33)24(32)23(31)20(17-27)36-26/h18-20,23-27,31-33H,3-17H2,1-2H3,(H,28,29)/t18?,19?,20-,23+,24+,25-,26?/m1/s1. The number of unbranched alkanes of at least 4 members (excludes halogenated alkanes) is 8. The molecule has 0 spiro atoms. The van der Waals surface area contributed by atoms with E-state index in [1.807, 2.05) is 0 Å². The number of esters is 1. The number of rotatable bonds is 20. The molecule has 0 amide bonds. The van der Waals surface area contributed by atoms with Crippen molar-refractivity contribution >= 4 is 11.9 Å². The predicted molar refractivity (Wildman–Crippen MR) is 132 cm³/mol. The number of carboxylic acids is 1. The van der Waals surface area contributed by atoms with E-state index in [-0.39, 0.29) is 12.8 Å². The molecule has 0 aromatic carbocycles. The van der Waals surface area contributed by atoms with Crippen LogP contribution in [-0.2, 0) is 23.8 Å². The number of ether oxygens (including phenoxy) is 3. The van der Waals surface area contributed by atoms with E-state index in [2.05, 4.69) is 13.8 Å². The highest BCUT2D eigenvalue weighted by atomic mass is 16.7. The maximum atomic E-state index is 12.7. The molecule has 10 nitrogen and oxygen atoms in total. The molecule has 1 fully saturated rings. The van der Waals surface area contributed by atoms with Crippen LogP contribution in [0.4, 0.5) is 0 Å². The Bertz CT molecular complexity index is 599. The third-order valence-electron chi connectivity index (χ3n) is 6.53. The van der Waals surface area contributed by atoms with Gasteiger partial charge < -0.3 is 39.7 Å². The Morgan fingerprint density at radius 1 is 0.778 bits per heavy atom. The largest absolute Gasteiger partial charge is 0.481 e. The van der Waals surface area contributed by atoms with Gasteiger partial charge in [-0.2, -0.15) is 0 Å². The Labute approximate surface area is 214 Å². The maximum Gasteiger partial charge on any atom is 0.308 e. The summed E-state index contributed by atoms with van der Waals surface area (Å²) < 4.78 is 16.8. The van der Waals surface area contributed by atoms with Crippen LogP contribution < -0.4 is 0 Å². The SMILES string of the molecule is CCCCCCCC(CC(=O)O)OC(=O)CC(CCCCCCC)OC1O[C@H](CO)[C@H](O)[C@H](O)[C@H]1O. The van der Waals surface area contributed by atoms with E-state index in [0.29, 0.717) is 12.8 Å². The first kappa shape index (κ1) is 32.7. The molecule has 0 saturated carbocycles. The minimum absolute atomic E-state index is 0.172. The fraction of sp³-hybridized carbons (Fsp3) is 0.923. The summed E-state index contributed by atoms with van der Waals surface area (Å²) in [5, 5.41) is 49.0. The van der Waals surface area contributed by atoms with E-state index < -0.39 is 61.5 Å². The lowest BCUT2D eigenvalue weighted by atomic mass is 9.99. The van der Waals surface area contributed by atoms with Crippen molar-refractivity contribution in [2.75, 3.05) is 6.61 Å². The minimum Gasteiger partial charge on any atom is -0.481 e. The Morgan fingerprint density at radius 3 is 1.86 bits per heavy atom. The smallest absolute Gasteiger partial charge is 0.308 e. The van der Waals surface area contributed by atoms with Gasteiger partial charge >= 0.3 is 11.9 Å². The summed E-state index contributed by atoms with van der Waals surface area (Å²) in [5.41, 5.74) is 0. The zero-order valence-electron chi connectivity index (χ0n) is 21.9. The highest BCUT2D eigenvalue weighted by molar-refractivity contribution is 5.72. The Morgan fingerprint density at radius 2 is 1.33 bits per heavy atom. The first-order valence-electron chi connectivity index (χ1n) is 13.6. The molecule has 1 aliphatic heterocycles. The van der Waals surface area contributed by atoms with Gasteiger partial charge in [-0.25, -0.2) is 0 Å². The number of aliphatic carboxylic acids is 1. The lowest BCUT2D eigenvalue weighted by molar-refractivity contribution is -0.312. The zero-order chi connectivity index (χ0) is 26.9. The molecule has 0 radical (unpaired) electrons. The van der Waals surface area contributed by atoms with E-state index in [0.717, 1.165) is 64.2 Å². The van der Waals surface area contributed by atoms with E-state index in [1.54, 1.807) is 0 Å². The molecular weight excluding hydrogens is 472 g/mol. The molecule has 0 bridgehead atoms. The van der Waals surface area contributed by atoms with Gasteiger partial charge in [-0.15, -0.1) is 0 Å². The summed E-state index contributed by atoms with van der Waals surface area (Å²) in [5.74, 6) is -1.63. The van der Waals surface area contributed by atoms with Gasteiger partial charge in [0.25, 0.3) is 0 Å². The summed E-state index contributed by atoms with van der Waals surface area (Å²) in [6, 6.07) is 0. The van der Waals surface area contributed by atoms with Gasteiger partial charge in [0.15, 0.2) is 6.29 Å². The van der Waals surface area contributed by atoms with Crippen LogP contribution in [0.5, 0.6) is 0 Å². The van der Waals surface area contributed by atoms with Crippen LogP contribution in [0, 0.1) is 0 Å². The summed E-state index contributed by atoms with van der Waals surface area (Å²) in [6.45, 7) is 3.64. The second-order valence-electron chi connectivity index (χ2n) is 9.78. The van der Waals surface area contributed by atoms with Crippen LogP contribution in [0.3, 0.4) is 0 Å². The molecule has 0 aromatic heterocycles. The summed E-state index contributed by atoms with van der Waals surface area (Å²) in [4.78, 5) is 24.0. The molecule has 1 heterocycles. The second-order valence-corrected chi connectivity index (χ2v) is 9.78. The minimum atomic E-state index is -1.58. The van der Waals surface area contributed by atoms with Crippen LogP contribution in [-0.4, -0.2) is 87.0 Å². The Hall–Kier alpha value is -1.30. The lowest BCUT2D eigenvalue weighted by Gasteiger charge is -2.40. The number of carboxylic acid groups (broad SMARTS) is 1. The zero-order valence-corrected chi connectivity index (χ0v) is 21.9. The molecule has 10 heteroatoms. The second kappa shape index (κ2) is 18.9. The van der Waals surface area contributed by atoms with Crippen molar-refractivity contribution < 1.29 is 49.3 Å². The van der Waals surface area contributed by atoms with Gasteiger partial charge in [-0.1, -0.05) is 71.6 Å². The third kappa shape index (κ3) is 12.8. The molecule has 1 rings (SSSR count). The first-order valence-corrected chi connectivity index (χ1v) is 13.6. The van der Waals surface area contributed by atoms with Crippen molar-refractivity contribution in [3.05, 3.63) is 0 Å². The van der Waals surface area contributed by atoms with Gasteiger partial charge in [0.1, 0.15) is 30.5 Å². The van der Waals surface area contributed by atoms with Crippen molar-refractivity contribution in [3.63, 3.8) is 0 Å². The molecule has 5 N–H and O–H groups in total. The fourth-order valence-electron chi connectivity index (χ4n) is 4.36. The van der Waals surface area contributed by atoms with Gasteiger partial charge in [0.05, 0.1) is 25.6 Å². The normalized spacial score (nSPS) is 25.9. The van der Waals surface area contributed by atoms with Gasteiger partial charge in [-0.05, 0) is 19.3 Å². The van der Waals surface area contributed by atoms with Crippen LogP contribution in [0.25, 0.3) is 0 Å². The molecule has 3 unspecified atom stereocenters. The quantitative estimate of drug-likeness (QED) is 0.119. The maximum absolute atomic E-state index is 12.7. The van der Waals surface area contributed by atoms with Crippen molar-refractivity contribution in [2.45, 2.75) is 147 Å². The Kier molecular flexibility index (Phi) is 17.2. The third-order valence-corrected chi connectivity index (χ3v) is 6.53. The average Bonchev–Trinajstić information content (AvgIpc) is 2.83. The number of aliphatic hydroxyl groups is 4. The fourth-order valence-corrected chi connectivity index (χ4v) is 4.36. The van der Waals surface area contributed by atoms with Crippen molar-refractivity contribution in [1.29, 1.82) is 0 Å². The molecular formula is C26H48O10. The highest BCUT2D eigenvalue weighted by Gasteiger charge is 2.45. The summed E-state index contributed by atoms with van der Waals surface area (Å²) >= 11 is 0. The number of carbonyl (C=O) groups excluding carboxylic acids is 1. The molecule has 7 atom stereocenters. The number of hydrogen-bond donors (Lipinski definition) is 5. The van der Waals surface area contributed by atoms with Crippen molar-refractivity contribution in [2.24, 2.45) is 0 Å². The summed E-state index contributed by atoms with van der Waals surface area (Å²) in [7, 11) is 0. The van der Waals surface area contributed by atoms with Crippen molar-refractivity contribution in [3.8, 4) is 0 Å². The molecule has 1 saturated heterocycles. The number of carbonyl (C=O) groups is 2. The number of aliphatic hydroxyl groups excluding tert-OH is 4. The molecule has 36 heavy (non-hydrogen) atoms. The van der Waals surface area contributed by atoms with Crippen LogP contribution >= 0.6 is 0 Å². The topological polar surface area (TPSA) is 163 Å². The van der Waals surface area contributed by atoms with Crippen LogP contribution in [0.15, 0.2) is 0 Å². The number of hydrogen-bond acceptors (Lipinski definition) is 9. The van der Waals surface area contributed by atoms with E-state index in [4.69, 9.17) is 14.2 Å². The molecule has 0 aliphatic carbocycles. The van der Waals surface area contributed by atoms with E-state index in [9.17, 15) is 35.1 Å². The van der Waals surface area contributed by atoms with Crippen LogP contribution in [0.2, 0.25) is 0 Å². The van der Waals surface area contributed by atoms with Crippen molar-refractivity contribution in [1.82, 2.24) is 0 Å². The van der Waals surface area contributed by atoms with E-state index in [1.165, 1.54) is 0 Å². The highest BCUT2D eigenvalue weighted by Crippen LogP contribution is 2.25. The van der Waals surface area contributed by atoms with Crippen LogP contribution in [0.1, 0.15) is 104 Å². The first-order chi connectivity index (χ1) is 17.2. The van der Waals surface area contributed by atoms with Gasteiger partial charge in [0, 0.05) is 0 Å².